The summed E-state index contributed by atoms with van der Waals surface area (Å²) >= 11 is 0. The molecule has 176 valence electrons. The van der Waals surface area contributed by atoms with Crippen molar-refractivity contribution in [1.29, 1.82) is 0 Å². The molecule has 3 aromatic rings. The SMILES string of the molecule is CC(=O)Nc1cc(Nc2ccnc(C(C)(F)F)n2)c(-c2ccc(N3CC4(COC4)C3)nn2)cn1. The zero-order valence-corrected chi connectivity index (χ0v) is 18.5. The Kier molecular flexibility index (Phi) is 5.31. The summed E-state index contributed by atoms with van der Waals surface area (Å²) in [6.07, 6.45) is 2.78. The van der Waals surface area contributed by atoms with E-state index in [-0.39, 0.29) is 23.0 Å². The molecular weight excluding hydrogens is 446 g/mol. The van der Waals surface area contributed by atoms with E-state index in [9.17, 15) is 13.6 Å². The molecule has 0 aromatic carbocycles. The predicted molar refractivity (Wildman–Crippen MR) is 120 cm³/mol. The molecule has 0 radical (unpaired) electrons. The fourth-order valence-corrected chi connectivity index (χ4v) is 3.93. The lowest BCUT2D eigenvalue weighted by molar-refractivity contribution is -0.127. The molecule has 3 aromatic heterocycles. The molecule has 2 aliphatic heterocycles. The number of carbonyl (C=O) groups is 1. The first kappa shape index (κ1) is 22.0. The highest BCUT2D eigenvalue weighted by Gasteiger charge is 2.49. The van der Waals surface area contributed by atoms with Gasteiger partial charge in [-0.2, -0.15) is 8.78 Å². The third-order valence-corrected chi connectivity index (χ3v) is 5.64. The number of alkyl halides is 2. The van der Waals surface area contributed by atoms with E-state index in [1.165, 1.54) is 25.4 Å². The number of pyridine rings is 1. The second kappa shape index (κ2) is 8.20. The molecule has 0 bridgehead atoms. The lowest BCUT2D eigenvalue weighted by Gasteiger charge is -2.55. The molecule has 0 aliphatic carbocycles. The third-order valence-electron chi connectivity index (χ3n) is 5.64. The monoisotopic (exact) mass is 468 g/mol. The number of ether oxygens (including phenoxy) is 1. The maximum Gasteiger partial charge on any atom is 0.303 e. The molecule has 2 aliphatic rings. The van der Waals surface area contributed by atoms with E-state index in [0.717, 1.165) is 39.0 Å². The van der Waals surface area contributed by atoms with Gasteiger partial charge in [0.25, 0.3) is 0 Å². The molecule has 1 spiro atoms. The predicted octanol–water partition coefficient (Wildman–Crippen LogP) is 2.98. The van der Waals surface area contributed by atoms with Gasteiger partial charge in [0, 0.05) is 51.0 Å². The van der Waals surface area contributed by atoms with Gasteiger partial charge in [-0.15, -0.1) is 10.2 Å². The van der Waals surface area contributed by atoms with Gasteiger partial charge in [-0.05, 0) is 18.2 Å². The minimum atomic E-state index is -3.19. The molecule has 0 atom stereocenters. The van der Waals surface area contributed by atoms with Crippen molar-refractivity contribution in [3.8, 4) is 11.3 Å². The van der Waals surface area contributed by atoms with Crippen LogP contribution in [0, 0.1) is 5.41 Å². The van der Waals surface area contributed by atoms with Crippen LogP contribution in [-0.4, -0.2) is 57.4 Å². The quantitative estimate of drug-likeness (QED) is 0.563. The van der Waals surface area contributed by atoms with Gasteiger partial charge in [-0.1, -0.05) is 0 Å². The Labute approximate surface area is 193 Å². The topological polar surface area (TPSA) is 118 Å². The maximum atomic E-state index is 13.7. The van der Waals surface area contributed by atoms with Gasteiger partial charge < -0.3 is 20.3 Å². The number of carbonyl (C=O) groups excluding carboxylic acids is 1. The summed E-state index contributed by atoms with van der Waals surface area (Å²) in [6.45, 7) is 5.44. The Morgan fingerprint density at radius 2 is 1.94 bits per heavy atom. The average molecular weight is 468 g/mol. The number of nitrogens with one attached hydrogen (secondary N) is 2. The van der Waals surface area contributed by atoms with Gasteiger partial charge in [-0.25, -0.2) is 15.0 Å². The Hall–Kier alpha value is -3.80. The Bertz CT molecular complexity index is 1220. The van der Waals surface area contributed by atoms with E-state index >= 15 is 0 Å². The molecule has 5 rings (SSSR count). The van der Waals surface area contributed by atoms with E-state index in [1.807, 2.05) is 12.1 Å². The van der Waals surface area contributed by atoms with Crippen LogP contribution in [-0.2, 0) is 15.5 Å². The first-order valence-corrected chi connectivity index (χ1v) is 10.6. The van der Waals surface area contributed by atoms with Crippen molar-refractivity contribution in [3.63, 3.8) is 0 Å². The standard InChI is InChI=1S/C22H22F2N8O2/c1-13(33)27-18-7-16(28-17-5-6-25-20(29-17)21(2,23)24)14(8-26-18)15-3-4-19(31-30-15)32-9-22(10-32)11-34-12-22/h3-8H,9-12H2,1-2H3,(H2,25,26,27,28,29,33). The highest BCUT2D eigenvalue weighted by atomic mass is 19.3. The smallest absolute Gasteiger partial charge is 0.303 e. The molecule has 2 fully saturated rings. The number of aromatic nitrogens is 5. The molecule has 5 heterocycles. The summed E-state index contributed by atoms with van der Waals surface area (Å²) < 4.78 is 32.7. The van der Waals surface area contributed by atoms with E-state index < -0.39 is 11.7 Å². The number of halogens is 2. The molecule has 1 amide bonds. The number of anilines is 4. The summed E-state index contributed by atoms with van der Waals surface area (Å²) in [7, 11) is 0. The second-order valence-corrected chi connectivity index (χ2v) is 8.70. The number of amides is 1. The van der Waals surface area contributed by atoms with Crippen LogP contribution in [0.4, 0.5) is 31.9 Å². The van der Waals surface area contributed by atoms with Crippen LogP contribution in [0.5, 0.6) is 0 Å². The van der Waals surface area contributed by atoms with Crippen molar-refractivity contribution in [2.24, 2.45) is 5.41 Å². The van der Waals surface area contributed by atoms with Crippen LogP contribution < -0.4 is 15.5 Å². The number of rotatable bonds is 6. The highest BCUT2D eigenvalue weighted by Crippen LogP contribution is 2.39. The van der Waals surface area contributed by atoms with Crippen molar-refractivity contribution in [2.45, 2.75) is 19.8 Å². The molecule has 34 heavy (non-hydrogen) atoms. The summed E-state index contributed by atoms with van der Waals surface area (Å²) in [5.41, 5.74) is 1.79. The van der Waals surface area contributed by atoms with Crippen LogP contribution in [0.3, 0.4) is 0 Å². The molecule has 0 saturated carbocycles. The largest absolute Gasteiger partial charge is 0.380 e. The lowest BCUT2D eigenvalue weighted by atomic mass is 9.78. The summed E-state index contributed by atoms with van der Waals surface area (Å²) in [4.78, 5) is 25.5. The van der Waals surface area contributed by atoms with Crippen molar-refractivity contribution < 1.29 is 18.3 Å². The summed E-state index contributed by atoms with van der Waals surface area (Å²) in [5, 5.41) is 14.3. The van der Waals surface area contributed by atoms with Crippen LogP contribution in [0.1, 0.15) is 19.7 Å². The van der Waals surface area contributed by atoms with Crippen LogP contribution >= 0.6 is 0 Å². The van der Waals surface area contributed by atoms with Gasteiger partial charge in [0.2, 0.25) is 11.7 Å². The molecule has 10 nitrogen and oxygen atoms in total. The van der Waals surface area contributed by atoms with Gasteiger partial charge in [0.15, 0.2) is 5.82 Å². The third kappa shape index (κ3) is 4.36. The van der Waals surface area contributed by atoms with Gasteiger partial charge >= 0.3 is 5.92 Å². The van der Waals surface area contributed by atoms with Crippen molar-refractivity contribution in [3.05, 3.63) is 42.5 Å². The molecule has 12 heteroatoms. The first-order chi connectivity index (χ1) is 16.2. The summed E-state index contributed by atoms with van der Waals surface area (Å²) in [6, 6.07) is 6.74. The van der Waals surface area contributed by atoms with E-state index in [0.29, 0.717) is 16.9 Å². The maximum absolute atomic E-state index is 13.7. The van der Waals surface area contributed by atoms with Crippen LogP contribution in [0.15, 0.2) is 36.7 Å². The second-order valence-electron chi connectivity index (χ2n) is 8.70. The number of hydrogen-bond acceptors (Lipinski definition) is 9. The Morgan fingerprint density at radius 1 is 1.15 bits per heavy atom. The zero-order chi connectivity index (χ0) is 23.9. The molecule has 2 saturated heterocycles. The van der Waals surface area contributed by atoms with Gasteiger partial charge in [0.05, 0.1) is 30.0 Å². The fraction of sp³-hybridized carbons (Fsp3) is 0.364. The lowest BCUT2D eigenvalue weighted by Crippen LogP contribution is -2.66. The van der Waals surface area contributed by atoms with Crippen molar-refractivity contribution >= 4 is 29.0 Å². The zero-order valence-electron chi connectivity index (χ0n) is 18.5. The fourth-order valence-electron chi connectivity index (χ4n) is 3.93. The molecule has 0 unspecified atom stereocenters. The summed E-state index contributed by atoms with van der Waals surface area (Å²) in [5.74, 6) is -2.89. The van der Waals surface area contributed by atoms with E-state index in [4.69, 9.17) is 4.74 Å². The highest BCUT2D eigenvalue weighted by molar-refractivity contribution is 5.89. The van der Waals surface area contributed by atoms with Crippen LogP contribution in [0.2, 0.25) is 0 Å². The Balaban J connectivity index is 1.43. The molecule has 2 N–H and O–H groups in total. The minimum absolute atomic E-state index is 0.158. The Morgan fingerprint density at radius 3 is 2.56 bits per heavy atom. The average Bonchev–Trinajstić information content (AvgIpc) is 2.72. The van der Waals surface area contributed by atoms with E-state index in [1.54, 1.807) is 6.07 Å². The van der Waals surface area contributed by atoms with Crippen molar-refractivity contribution in [2.75, 3.05) is 41.8 Å². The number of nitrogens with zero attached hydrogens (tertiary/aromatic N) is 6. The first-order valence-electron chi connectivity index (χ1n) is 10.6. The van der Waals surface area contributed by atoms with E-state index in [2.05, 4.69) is 40.7 Å². The van der Waals surface area contributed by atoms with Gasteiger partial charge in [-0.3, -0.25) is 4.79 Å². The minimum Gasteiger partial charge on any atom is -0.380 e. The normalized spacial score (nSPS) is 16.5. The van der Waals surface area contributed by atoms with Gasteiger partial charge in [0.1, 0.15) is 11.6 Å². The molecular formula is C22H22F2N8O2. The van der Waals surface area contributed by atoms with Crippen molar-refractivity contribution in [1.82, 2.24) is 25.1 Å². The number of hydrogen-bond donors (Lipinski definition) is 2. The van der Waals surface area contributed by atoms with Crippen LogP contribution in [0.25, 0.3) is 11.3 Å².